The van der Waals surface area contributed by atoms with E-state index in [2.05, 4.69) is 271 Å². The summed E-state index contributed by atoms with van der Waals surface area (Å²) in [6, 6.07) is 88.4. The predicted octanol–water partition coefficient (Wildman–Crippen LogP) is 8.35. The maximum atomic E-state index is 3.38. The second-order valence-electron chi connectivity index (χ2n) is 13.3. The molecule has 0 amide bonds. The Morgan fingerprint density at radius 2 is 0.322 bits per heavy atom. The van der Waals surface area contributed by atoms with E-state index < -0.39 is 0 Å². The minimum absolute atomic E-state index is 0. The fourth-order valence-electron chi connectivity index (χ4n) is 6.89. The normalized spacial score (nSPS) is 10.6. The van der Waals surface area contributed by atoms with Gasteiger partial charge in [-0.3, -0.25) is 0 Å². The van der Waals surface area contributed by atoms with Gasteiger partial charge in [-0.2, -0.15) is 0 Å². The van der Waals surface area contributed by atoms with E-state index in [1.165, 1.54) is 67.1 Å². The first kappa shape index (κ1) is 47.0. The monoisotopic (exact) mass is 1010 g/mol. The topological polar surface area (TPSA) is 0 Å². The third-order valence-corrected chi connectivity index (χ3v) is 20.4. The van der Waals surface area contributed by atoms with Gasteiger partial charge < -0.3 is 17.0 Å². The SMILES string of the molecule is [Br-].[Co+][Br].c1ccc(P(CCP(c2ccccc2)c2ccccc2)c2ccccc2)cc1.c1ccc(P(CCP(c2ccccc2)c2ccccc2)c2ccccc2)cc1. The van der Waals surface area contributed by atoms with Crippen molar-refractivity contribution in [2.45, 2.75) is 0 Å². The van der Waals surface area contributed by atoms with E-state index in [0.717, 1.165) is 0 Å². The molecule has 0 aliphatic rings. The molecule has 8 aromatic rings. The number of hydrogen-bond donors (Lipinski definition) is 0. The summed E-state index contributed by atoms with van der Waals surface area (Å²) in [5.41, 5.74) is 0. The Balaban J connectivity index is 0.000000212. The van der Waals surface area contributed by atoms with E-state index in [9.17, 15) is 0 Å². The van der Waals surface area contributed by atoms with Gasteiger partial charge in [0.1, 0.15) is 0 Å². The first-order chi connectivity index (χ1) is 28.8. The van der Waals surface area contributed by atoms with Crippen LogP contribution in [-0.2, 0) is 13.9 Å². The van der Waals surface area contributed by atoms with E-state index in [1.54, 1.807) is 0 Å². The van der Waals surface area contributed by atoms with Gasteiger partial charge >= 0.3 is 28.1 Å². The Morgan fingerprint density at radius 1 is 0.220 bits per heavy atom. The number of benzene rings is 8. The quantitative estimate of drug-likeness (QED) is 0.0963. The maximum absolute atomic E-state index is 3.38. The second kappa shape index (κ2) is 27.0. The molecule has 0 unspecified atom stereocenters. The molecule has 0 fully saturated rings. The van der Waals surface area contributed by atoms with Crippen molar-refractivity contribution < 1.29 is 30.9 Å². The molecule has 59 heavy (non-hydrogen) atoms. The largest absolute Gasteiger partial charge is 0.0622 e. The van der Waals surface area contributed by atoms with Crippen LogP contribution >= 0.6 is 45.9 Å². The van der Waals surface area contributed by atoms with Crippen LogP contribution in [0.15, 0.2) is 243 Å². The van der Waals surface area contributed by atoms with E-state index >= 15 is 0 Å². The molecule has 8 aromatic carbocycles. The fraction of sp³-hybridized carbons (Fsp3) is 0.0769. The van der Waals surface area contributed by atoms with Gasteiger partial charge in [0.25, 0.3) is 0 Å². The molecule has 0 saturated carbocycles. The molecule has 0 spiro atoms. The van der Waals surface area contributed by atoms with Crippen LogP contribution in [0, 0.1) is 0 Å². The summed E-state index contributed by atoms with van der Waals surface area (Å²) in [5.74, 6) is 0. The zero-order valence-corrected chi connectivity index (χ0v) is 40.6. The van der Waals surface area contributed by atoms with Crippen molar-refractivity contribution in [1.29, 1.82) is 0 Å². The van der Waals surface area contributed by atoms with E-state index in [1.807, 2.05) is 0 Å². The van der Waals surface area contributed by atoms with Crippen molar-refractivity contribution >= 4 is 88.3 Å². The predicted molar refractivity (Wildman–Crippen MR) is 265 cm³/mol. The van der Waals surface area contributed by atoms with Gasteiger partial charge in [-0.05, 0) is 98.8 Å². The number of hydrogen-bond acceptors (Lipinski definition) is 0. The maximum Gasteiger partial charge on any atom is -0.0195 e. The van der Waals surface area contributed by atoms with Gasteiger partial charge in [-0.25, -0.2) is 0 Å². The van der Waals surface area contributed by atoms with Crippen molar-refractivity contribution in [2.75, 3.05) is 24.6 Å². The van der Waals surface area contributed by atoms with Crippen molar-refractivity contribution in [3.63, 3.8) is 0 Å². The summed E-state index contributed by atoms with van der Waals surface area (Å²) in [4.78, 5) is 0. The molecule has 0 aliphatic carbocycles. The Labute approximate surface area is 383 Å². The van der Waals surface area contributed by atoms with Crippen LogP contribution in [0.3, 0.4) is 0 Å². The van der Waals surface area contributed by atoms with Gasteiger partial charge in [-0.1, -0.05) is 243 Å². The third kappa shape index (κ3) is 14.5. The summed E-state index contributed by atoms with van der Waals surface area (Å²) in [6.45, 7) is 0. The summed E-state index contributed by atoms with van der Waals surface area (Å²) < 4.78 is 0. The Morgan fingerprint density at radius 3 is 0.424 bits per heavy atom. The summed E-state index contributed by atoms with van der Waals surface area (Å²) in [5, 5.41) is 11.8. The molecular formula is C52H48Br2CoP4. The third-order valence-electron chi connectivity index (χ3n) is 9.64. The van der Waals surface area contributed by atoms with Crippen LogP contribution in [-0.4, -0.2) is 24.6 Å². The molecule has 0 bridgehead atoms. The summed E-state index contributed by atoms with van der Waals surface area (Å²) in [7, 11) is -1.39. The fourth-order valence-corrected chi connectivity index (χ4v) is 17.6. The molecule has 299 valence electrons. The van der Waals surface area contributed by atoms with Crippen LogP contribution < -0.4 is 59.4 Å². The Hall–Kier alpha value is -3.05. The van der Waals surface area contributed by atoms with Crippen molar-refractivity contribution in [2.24, 2.45) is 0 Å². The molecule has 0 aromatic heterocycles. The number of halogens is 2. The minimum Gasteiger partial charge on any atom is -0.0622 e. The van der Waals surface area contributed by atoms with Gasteiger partial charge in [-0.15, -0.1) is 0 Å². The van der Waals surface area contributed by atoms with Crippen LogP contribution in [0.1, 0.15) is 0 Å². The van der Waals surface area contributed by atoms with E-state index in [0.29, 0.717) is 0 Å². The summed E-state index contributed by atoms with van der Waals surface area (Å²) >= 11 is 6.00. The molecule has 0 radical (unpaired) electrons. The average molecular weight is 1020 g/mol. The van der Waals surface area contributed by atoms with Crippen molar-refractivity contribution in [1.82, 2.24) is 0 Å². The van der Waals surface area contributed by atoms with E-state index in [-0.39, 0.29) is 48.7 Å². The molecule has 0 nitrogen and oxygen atoms in total. The van der Waals surface area contributed by atoms with Crippen LogP contribution in [0.2, 0.25) is 0 Å². The molecule has 8 rings (SSSR count). The first-order valence-corrected chi connectivity index (χ1v) is 28.1. The standard InChI is InChI=1S/2C26H24P2.2BrH.Co/c2*1-5-13-23(14-6-1)27(24-15-7-2-8-16-24)21-22-28(25-17-9-3-10-18-25)26-19-11-4-12-20-26;;;/h2*1-20H,21-22H2;2*1H;/q;;;;+2/p-2. The molecule has 0 saturated heterocycles. The van der Waals surface area contributed by atoms with Crippen LogP contribution in [0.5, 0.6) is 0 Å². The Kier molecular flexibility index (Phi) is 21.5. The van der Waals surface area contributed by atoms with Gasteiger partial charge in [0.2, 0.25) is 0 Å². The van der Waals surface area contributed by atoms with Crippen LogP contribution in [0.4, 0.5) is 0 Å². The first-order valence-electron chi connectivity index (χ1n) is 19.5. The zero-order chi connectivity index (χ0) is 40.0. The second-order valence-corrected chi connectivity index (χ2v) is 22.6. The van der Waals surface area contributed by atoms with Crippen molar-refractivity contribution in [3.8, 4) is 0 Å². The van der Waals surface area contributed by atoms with Crippen molar-refractivity contribution in [3.05, 3.63) is 243 Å². The van der Waals surface area contributed by atoms with Gasteiger partial charge in [0, 0.05) is 0 Å². The average Bonchev–Trinajstić information content (AvgIpc) is 3.32. The molecule has 0 N–H and O–H groups in total. The molecule has 0 heterocycles. The molecule has 7 heteroatoms. The zero-order valence-electron chi connectivity index (χ0n) is 32.8. The molecule has 0 atom stereocenters. The Bertz CT molecular complexity index is 1770. The number of rotatable bonds is 14. The van der Waals surface area contributed by atoms with Gasteiger partial charge in [0.15, 0.2) is 0 Å². The van der Waals surface area contributed by atoms with E-state index in [4.69, 9.17) is 0 Å². The smallest absolute Gasteiger partial charge is 0.0195 e. The van der Waals surface area contributed by atoms with Crippen LogP contribution in [0.25, 0.3) is 0 Å². The minimum atomic E-state index is -0.348. The molecule has 0 aliphatic heterocycles. The summed E-state index contributed by atoms with van der Waals surface area (Å²) in [6.07, 6.45) is 4.83. The molecular weight excluding hydrogens is 967 g/mol. The van der Waals surface area contributed by atoms with Gasteiger partial charge in [0.05, 0.1) is 0 Å².